The van der Waals surface area contributed by atoms with Crippen LogP contribution in [0.5, 0.6) is 11.5 Å². The Kier molecular flexibility index (Phi) is 9.31. The minimum atomic E-state index is -0.564. The van der Waals surface area contributed by atoms with E-state index in [1.54, 1.807) is 48.5 Å². The number of amides is 2. The Bertz CT molecular complexity index is 1210. The third kappa shape index (κ3) is 8.31. The average molecular weight is 651 g/mol. The summed E-state index contributed by atoms with van der Waals surface area (Å²) in [5.74, 6) is 0.832. The summed E-state index contributed by atoms with van der Waals surface area (Å²) in [6, 6.07) is 28.6. The summed E-state index contributed by atoms with van der Waals surface area (Å²) in [5, 5.41) is 6.57. The Morgan fingerprint density at radius 1 is 0.528 bits per heavy atom. The molecule has 2 amide bonds. The fourth-order valence-corrected chi connectivity index (χ4v) is 9.00. The van der Waals surface area contributed by atoms with E-state index in [0.29, 0.717) is 32.9 Å². The Hall–Kier alpha value is -2.96. The van der Waals surface area contributed by atoms with Crippen molar-refractivity contribution in [2.75, 3.05) is 10.6 Å². The molecule has 0 fully saturated rings. The standard InChI is InChI=1S/C26H18Cl2N2O4Se2/c27-17-1-9-21(10-2-17)33-25(31)29-19-5-13-23(14-6-19)35-36-24-15-7-20(8-16-24)30-26(32)34-22-11-3-18(28)4-12-22/h1-16H,(H,29,31)(H,30,32). The first-order valence-corrected chi connectivity index (χ1v) is 17.3. The van der Waals surface area contributed by atoms with E-state index in [0.717, 1.165) is 0 Å². The molecule has 36 heavy (non-hydrogen) atoms. The third-order valence-electron chi connectivity index (χ3n) is 4.48. The van der Waals surface area contributed by atoms with E-state index in [9.17, 15) is 9.59 Å². The zero-order valence-electron chi connectivity index (χ0n) is 18.4. The molecular formula is C26H18Cl2N2O4Se2. The Balaban J connectivity index is 1.22. The van der Waals surface area contributed by atoms with Gasteiger partial charge in [0.2, 0.25) is 0 Å². The Morgan fingerprint density at radius 2 is 0.861 bits per heavy atom. The first-order valence-electron chi connectivity index (χ1n) is 10.5. The number of benzene rings is 4. The minimum absolute atomic E-state index is 0.262. The molecule has 182 valence electrons. The first kappa shape index (κ1) is 26.1. The van der Waals surface area contributed by atoms with Crippen LogP contribution >= 0.6 is 23.2 Å². The molecule has 0 heterocycles. The van der Waals surface area contributed by atoms with E-state index >= 15 is 0 Å². The number of carbonyl (C=O) groups excluding carboxylic acids is 2. The van der Waals surface area contributed by atoms with Gasteiger partial charge in [-0.15, -0.1) is 0 Å². The van der Waals surface area contributed by atoms with Crippen molar-refractivity contribution in [1.82, 2.24) is 0 Å². The van der Waals surface area contributed by atoms with Gasteiger partial charge in [-0.2, -0.15) is 0 Å². The molecule has 4 rings (SSSR count). The van der Waals surface area contributed by atoms with Gasteiger partial charge in [-0.05, 0) is 0 Å². The molecule has 0 aliphatic carbocycles. The van der Waals surface area contributed by atoms with Crippen LogP contribution in [0.15, 0.2) is 97.1 Å². The van der Waals surface area contributed by atoms with Crippen molar-refractivity contribution in [2.45, 2.75) is 0 Å². The average Bonchev–Trinajstić information content (AvgIpc) is 2.87. The summed E-state index contributed by atoms with van der Waals surface area (Å²) < 4.78 is 12.9. The summed E-state index contributed by atoms with van der Waals surface area (Å²) in [6.07, 6.45) is -1.13. The van der Waals surface area contributed by atoms with Crippen LogP contribution in [0.1, 0.15) is 0 Å². The van der Waals surface area contributed by atoms with Crippen LogP contribution in [0, 0.1) is 0 Å². The van der Waals surface area contributed by atoms with Crippen molar-refractivity contribution >= 4 is 81.9 Å². The first-order chi connectivity index (χ1) is 17.4. The van der Waals surface area contributed by atoms with Gasteiger partial charge in [0.25, 0.3) is 0 Å². The van der Waals surface area contributed by atoms with Gasteiger partial charge in [-0.3, -0.25) is 0 Å². The summed E-state index contributed by atoms with van der Waals surface area (Å²) in [5.41, 5.74) is 1.31. The van der Waals surface area contributed by atoms with Gasteiger partial charge in [0.15, 0.2) is 0 Å². The molecule has 0 radical (unpaired) electrons. The van der Waals surface area contributed by atoms with Gasteiger partial charge < -0.3 is 0 Å². The number of nitrogens with one attached hydrogen (secondary N) is 2. The van der Waals surface area contributed by atoms with Crippen molar-refractivity contribution in [3.63, 3.8) is 0 Å². The molecule has 0 unspecified atom stereocenters. The fourth-order valence-electron chi connectivity index (χ4n) is 2.79. The number of carbonyl (C=O) groups is 2. The number of anilines is 2. The second kappa shape index (κ2) is 12.8. The van der Waals surface area contributed by atoms with Crippen molar-refractivity contribution in [3.05, 3.63) is 107 Å². The molecule has 4 aromatic carbocycles. The van der Waals surface area contributed by atoms with Crippen molar-refractivity contribution < 1.29 is 19.1 Å². The number of halogens is 2. The number of ether oxygens (including phenoxy) is 2. The van der Waals surface area contributed by atoms with Crippen molar-refractivity contribution in [1.29, 1.82) is 0 Å². The number of hydrogen-bond acceptors (Lipinski definition) is 4. The molecule has 0 aromatic heterocycles. The molecule has 0 saturated heterocycles. The van der Waals surface area contributed by atoms with E-state index < -0.39 is 12.2 Å². The monoisotopic (exact) mass is 652 g/mol. The van der Waals surface area contributed by atoms with Crippen LogP contribution in [0.25, 0.3) is 0 Å². The van der Waals surface area contributed by atoms with E-state index in [4.69, 9.17) is 32.7 Å². The molecule has 4 aromatic rings. The van der Waals surface area contributed by atoms with Gasteiger partial charge in [-0.25, -0.2) is 0 Å². The third-order valence-corrected chi connectivity index (χ3v) is 12.2. The maximum absolute atomic E-state index is 12.1. The Labute approximate surface area is 229 Å². The van der Waals surface area contributed by atoms with Gasteiger partial charge in [-0.1, -0.05) is 0 Å². The number of rotatable bonds is 7. The van der Waals surface area contributed by atoms with E-state index in [1.807, 2.05) is 48.5 Å². The maximum atomic E-state index is 12.1. The fraction of sp³-hybridized carbons (Fsp3) is 0. The molecule has 0 bridgehead atoms. The summed E-state index contributed by atoms with van der Waals surface area (Å²) >= 11 is 12.2. The molecule has 0 atom stereocenters. The molecule has 0 aliphatic heterocycles. The zero-order valence-corrected chi connectivity index (χ0v) is 23.4. The van der Waals surface area contributed by atoms with Crippen LogP contribution in [-0.4, -0.2) is 38.4 Å². The molecule has 6 nitrogen and oxygen atoms in total. The predicted octanol–water partition coefficient (Wildman–Crippen LogP) is 5.49. The quantitative estimate of drug-likeness (QED) is 0.260. The zero-order chi connectivity index (χ0) is 25.3. The molecule has 2 N–H and O–H groups in total. The predicted molar refractivity (Wildman–Crippen MR) is 146 cm³/mol. The van der Waals surface area contributed by atoms with Crippen LogP contribution in [0.2, 0.25) is 10.0 Å². The van der Waals surface area contributed by atoms with Gasteiger partial charge in [0.05, 0.1) is 0 Å². The molecule has 0 saturated carbocycles. The van der Waals surface area contributed by atoms with Crippen LogP contribution in [-0.2, 0) is 0 Å². The molecule has 10 heteroatoms. The van der Waals surface area contributed by atoms with Gasteiger partial charge in [0, 0.05) is 0 Å². The van der Waals surface area contributed by atoms with Crippen molar-refractivity contribution in [3.8, 4) is 11.5 Å². The van der Waals surface area contributed by atoms with E-state index in [2.05, 4.69) is 10.6 Å². The summed E-state index contributed by atoms with van der Waals surface area (Å²) in [6.45, 7) is 0. The summed E-state index contributed by atoms with van der Waals surface area (Å²) in [7, 11) is 0. The molecule has 0 spiro atoms. The van der Waals surface area contributed by atoms with E-state index in [-0.39, 0.29) is 26.3 Å². The van der Waals surface area contributed by atoms with Crippen LogP contribution in [0.3, 0.4) is 0 Å². The SMILES string of the molecule is O=C(Nc1ccc([Se][Se]c2ccc(NC(=O)Oc3ccc(Cl)cc3)cc2)cc1)Oc1ccc(Cl)cc1. The molecule has 0 aliphatic rings. The topological polar surface area (TPSA) is 76.7 Å². The second-order valence-electron chi connectivity index (χ2n) is 7.15. The van der Waals surface area contributed by atoms with Gasteiger partial charge in [0.1, 0.15) is 0 Å². The molecular weight excluding hydrogens is 633 g/mol. The van der Waals surface area contributed by atoms with Crippen LogP contribution in [0.4, 0.5) is 21.0 Å². The van der Waals surface area contributed by atoms with Gasteiger partial charge >= 0.3 is 230 Å². The van der Waals surface area contributed by atoms with Crippen molar-refractivity contribution in [2.24, 2.45) is 0 Å². The summed E-state index contributed by atoms with van der Waals surface area (Å²) in [4.78, 5) is 24.1. The van der Waals surface area contributed by atoms with Crippen LogP contribution < -0.4 is 29.0 Å². The Morgan fingerprint density at radius 3 is 1.19 bits per heavy atom. The number of hydrogen-bond donors (Lipinski definition) is 2. The van der Waals surface area contributed by atoms with E-state index in [1.165, 1.54) is 8.92 Å². The normalized spacial score (nSPS) is 10.4. The second-order valence-corrected chi connectivity index (χ2v) is 14.3.